The first-order valence-electron chi connectivity index (χ1n) is 8.81. The van der Waals surface area contributed by atoms with E-state index in [9.17, 15) is 9.59 Å². The molecule has 1 aromatic carbocycles. The first-order valence-corrected chi connectivity index (χ1v) is 8.81. The number of fused-ring (bicyclic) bond motifs is 2. The van der Waals surface area contributed by atoms with Crippen LogP contribution in [0.15, 0.2) is 45.9 Å². The molecule has 0 bridgehead atoms. The second kappa shape index (κ2) is 6.09. The highest BCUT2D eigenvalue weighted by molar-refractivity contribution is 5.99. The van der Waals surface area contributed by atoms with Crippen molar-refractivity contribution in [2.45, 2.75) is 33.2 Å². The maximum Gasteiger partial charge on any atom is 0.290 e. The van der Waals surface area contributed by atoms with Gasteiger partial charge in [-0.25, -0.2) is 0 Å². The number of hydrogen-bond donors (Lipinski definition) is 0. The number of carbonyl (C=O) groups excluding carboxylic acids is 1. The third-order valence-corrected chi connectivity index (χ3v) is 5.05. The first-order chi connectivity index (χ1) is 12.5. The molecule has 5 heteroatoms. The minimum atomic E-state index is -0.451. The molecular formula is C21H20N2O3. The van der Waals surface area contributed by atoms with Crippen LogP contribution in [0.2, 0.25) is 0 Å². The van der Waals surface area contributed by atoms with Crippen LogP contribution >= 0.6 is 0 Å². The van der Waals surface area contributed by atoms with Gasteiger partial charge in [0, 0.05) is 18.9 Å². The Morgan fingerprint density at radius 3 is 2.65 bits per heavy atom. The highest BCUT2D eigenvalue weighted by Gasteiger charge is 2.42. The molecule has 0 fully saturated rings. The number of aromatic nitrogens is 1. The Bertz CT molecular complexity index is 1070. The Morgan fingerprint density at radius 1 is 1.19 bits per heavy atom. The van der Waals surface area contributed by atoms with E-state index in [1.54, 1.807) is 17.3 Å². The summed E-state index contributed by atoms with van der Waals surface area (Å²) in [5.74, 6) is -0.0685. The SMILES string of the molecule is CCCN1C(=O)c2oc3cc(C)c(C)cc3c(=O)c2C1c1cccnc1. The molecule has 1 unspecified atom stereocenters. The summed E-state index contributed by atoms with van der Waals surface area (Å²) >= 11 is 0. The molecule has 132 valence electrons. The molecule has 0 saturated carbocycles. The van der Waals surface area contributed by atoms with Crippen molar-refractivity contribution in [3.8, 4) is 0 Å². The summed E-state index contributed by atoms with van der Waals surface area (Å²) in [5.41, 5.74) is 3.63. The predicted molar refractivity (Wildman–Crippen MR) is 99.4 cm³/mol. The monoisotopic (exact) mass is 348 g/mol. The molecule has 0 spiro atoms. The largest absolute Gasteiger partial charge is 0.450 e. The van der Waals surface area contributed by atoms with E-state index in [-0.39, 0.29) is 17.1 Å². The standard InChI is InChI=1S/C21H20N2O3/c1-4-8-23-18(14-6-5-7-22-11-14)17-19(24)15-9-12(2)13(3)10-16(15)26-20(17)21(23)25/h5-7,9-11,18H,4,8H2,1-3H3. The lowest BCUT2D eigenvalue weighted by Crippen LogP contribution is -2.30. The molecule has 0 saturated heterocycles. The normalized spacial score (nSPS) is 16.3. The van der Waals surface area contributed by atoms with Gasteiger partial charge in [-0.3, -0.25) is 14.6 Å². The van der Waals surface area contributed by atoms with Gasteiger partial charge in [0.1, 0.15) is 5.58 Å². The Kier molecular flexibility index (Phi) is 3.87. The van der Waals surface area contributed by atoms with E-state index in [0.717, 1.165) is 23.1 Å². The second-order valence-electron chi connectivity index (χ2n) is 6.79. The number of nitrogens with zero attached hydrogens (tertiary/aromatic N) is 2. The van der Waals surface area contributed by atoms with Crippen LogP contribution in [0.3, 0.4) is 0 Å². The summed E-state index contributed by atoms with van der Waals surface area (Å²) in [7, 11) is 0. The number of carbonyl (C=O) groups is 1. The minimum Gasteiger partial charge on any atom is -0.450 e. The zero-order valence-electron chi connectivity index (χ0n) is 15.1. The van der Waals surface area contributed by atoms with Crippen LogP contribution in [0.4, 0.5) is 0 Å². The van der Waals surface area contributed by atoms with Crippen molar-refractivity contribution in [3.05, 3.63) is 74.9 Å². The second-order valence-corrected chi connectivity index (χ2v) is 6.79. The topological polar surface area (TPSA) is 63.4 Å². The van der Waals surface area contributed by atoms with Gasteiger partial charge in [0.25, 0.3) is 5.91 Å². The number of rotatable bonds is 3. The van der Waals surface area contributed by atoms with Crippen molar-refractivity contribution in [2.75, 3.05) is 6.54 Å². The molecule has 1 aliphatic rings. The fourth-order valence-corrected chi connectivity index (χ4v) is 3.63. The zero-order chi connectivity index (χ0) is 18.4. The lowest BCUT2D eigenvalue weighted by Gasteiger charge is -2.24. The van der Waals surface area contributed by atoms with E-state index in [1.807, 2.05) is 45.0 Å². The summed E-state index contributed by atoms with van der Waals surface area (Å²) in [6, 6.07) is 6.95. The van der Waals surface area contributed by atoms with Crippen molar-refractivity contribution < 1.29 is 9.21 Å². The highest BCUT2D eigenvalue weighted by Crippen LogP contribution is 2.38. The smallest absolute Gasteiger partial charge is 0.290 e. The molecule has 26 heavy (non-hydrogen) atoms. The maximum atomic E-state index is 13.3. The third-order valence-electron chi connectivity index (χ3n) is 5.05. The maximum absolute atomic E-state index is 13.3. The summed E-state index contributed by atoms with van der Waals surface area (Å²) in [5, 5.41) is 0.520. The van der Waals surface area contributed by atoms with Crippen LogP contribution in [0.5, 0.6) is 0 Å². The number of aryl methyl sites for hydroxylation is 2. The number of hydrogen-bond acceptors (Lipinski definition) is 4. The van der Waals surface area contributed by atoms with Gasteiger partial charge in [0.2, 0.25) is 5.76 Å². The Labute approximate surface area is 151 Å². The van der Waals surface area contributed by atoms with Crippen molar-refractivity contribution in [1.29, 1.82) is 0 Å². The number of amides is 1. The molecule has 0 aliphatic carbocycles. The van der Waals surface area contributed by atoms with Crippen molar-refractivity contribution in [3.63, 3.8) is 0 Å². The molecule has 0 radical (unpaired) electrons. The van der Waals surface area contributed by atoms with Crippen LogP contribution in [0.25, 0.3) is 11.0 Å². The van der Waals surface area contributed by atoms with E-state index in [2.05, 4.69) is 4.98 Å². The van der Waals surface area contributed by atoms with E-state index >= 15 is 0 Å². The van der Waals surface area contributed by atoms with Gasteiger partial charge in [0.15, 0.2) is 5.43 Å². The Balaban J connectivity index is 2.04. The van der Waals surface area contributed by atoms with Gasteiger partial charge in [-0.05, 0) is 55.2 Å². The molecular weight excluding hydrogens is 328 g/mol. The summed E-state index contributed by atoms with van der Waals surface area (Å²) in [6.07, 6.45) is 4.18. The van der Waals surface area contributed by atoms with Crippen LogP contribution in [-0.2, 0) is 0 Å². The summed E-state index contributed by atoms with van der Waals surface area (Å²) in [6.45, 7) is 6.49. The quantitative estimate of drug-likeness (QED) is 0.723. The fourth-order valence-electron chi connectivity index (χ4n) is 3.63. The average Bonchev–Trinajstić information content (AvgIpc) is 2.91. The predicted octanol–water partition coefficient (Wildman–Crippen LogP) is 3.76. The van der Waals surface area contributed by atoms with Crippen molar-refractivity contribution >= 4 is 16.9 Å². The molecule has 4 rings (SSSR count). The fraction of sp³-hybridized carbons (Fsp3) is 0.286. The molecule has 2 aromatic heterocycles. The van der Waals surface area contributed by atoms with Gasteiger partial charge in [-0.2, -0.15) is 0 Å². The van der Waals surface area contributed by atoms with Crippen LogP contribution in [0, 0.1) is 13.8 Å². The van der Waals surface area contributed by atoms with Gasteiger partial charge >= 0.3 is 0 Å². The number of pyridine rings is 1. The van der Waals surface area contributed by atoms with Gasteiger partial charge in [-0.15, -0.1) is 0 Å². The van der Waals surface area contributed by atoms with Crippen LogP contribution in [0.1, 0.15) is 52.2 Å². The molecule has 1 amide bonds. The molecule has 1 aliphatic heterocycles. The van der Waals surface area contributed by atoms with E-state index in [1.165, 1.54) is 0 Å². The molecule has 3 heterocycles. The Morgan fingerprint density at radius 2 is 1.96 bits per heavy atom. The molecule has 1 atom stereocenters. The highest BCUT2D eigenvalue weighted by atomic mass is 16.3. The van der Waals surface area contributed by atoms with Gasteiger partial charge in [-0.1, -0.05) is 13.0 Å². The lowest BCUT2D eigenvalue weighted by atomic mass is 9.98. The van der Waals surface area contributed by atoms with Crippen LogP contribution < -0.4 is 5.43 Å². The first kappa shape index (κ1) is 16.5. The van der Waals surface area contributed by atoms with Crippen LogP contribution in [-0.4, -0.2) is 22.3 Å². The molecule has 5 nitrogen and oxygen atoms in total. The third kappa shape index (κ3) is 2.35. The minimum absolute atomic E-state index is 0.134. The number of benzene rings is 1. The lowest BCUT2D eigenvalue weighted by molar-refractivity contribution is 0.0728. The van der Waals surface area contributed by atoms with Gasteiger partial charge in [0.05, 0.1) is 17.0 Å². The van der Waals surface area contributed by atoms with Crippen molar-refractivity contribution in [2.24, 2.45) is 0 Å². The van der Waals surface area contributed by atoms with E-state index in [0.29, 0.717) is 23.1 Å². The van der Waals surface area contributed by atoms with E-state index < -0.39 is 6.04 Å². The summed E-state index contributed by atoms with van der Waals surface area (Å²) in [4.78, 5) is 32.2. The Hall–Kier alpha value is -2.95. The zero-order valence-corrected chi connectivity index (χ0v) is 15.1. The molecule has 3 aromatic rings. The van der Waals surface area contributed by atoms with E-state index in [4.69, 9.17) is 4.42 Å². The summed E-state index contributed by atoms with van der Waals surface area (Å²) < 4.78 is 5.95. The van der Waals surface area contributed by atoms with Gasteiger partial charge < -0.3 is 9.32 Å². The van der Waals surface area contributed by atoms with Crippen molar-refractivity contribution in [1.82, 2.24) is 9.88 Å². The molecule has 0 N–H and O–H groups in total. The average molecular weight is 348 g/mol.